The van der Waals surface area contributed by atoms with E-state index in [1.807, 2.05) is 36.4 Å². The molecule has 0 N–H and O–H groups in total. The zero-order valence-corrected chi connectivity index (χ0v) is 21.9. The molecule has 39 heavy (non-hydrogen) atoms. The first kappa shape index (κ1) is 27.8. The first-order chi connectivity index (χ1) is 18.6. The number of nitrogens with zero attached hydrogens (tertiary/aromatic N) is 1. The molecule has 0 radical (unpaired) electrons. The molecule has 1 aliphatic heterocycles. The van der Waals surface area contributed by atoms with Gasteiger partial charge in [0, 0.05) is 34.1 Å². The van der Waals surface area contributed by atoms with Crippen LogP contribution in [0.1, 0.15) is 50.8 Å². The molecule has 206 valence electrons. The summed E-state index contributed by atoms with van der Waals surface area (Å²) in [6.45, 7) is 4.49. The van der Waals surface area contributed by atoms with E-state index in [-0.39, 0.29) is 6.61 Å². The van der Waals surface area contributed by atoms with Crippen LogP contribution in [0.25, 0.3) is 11.1 Å². The van der Waals surface area contributed by atoms with Gasteiger partial charge in [0.1, 0.15) is 24.3 Å². The van der Waals surface area contributed by atoms with Gasteiger partial charge >= 0.3 is 23.9 Å². The lowest BCUT2D eigenvalue weighted by Gasteiger charge is -2.44. The minimum absolute atomic E-state index is 0.295. The van der Waals surface area contributed by atoms with Crippen molar-refractivity contribution in [3.8, 4) is 0 Å². The van der Waals surface area contributed by atoms with Crippen LogP contribution in [0, 0.1) is 0 Å². The Morgan fingerprint density at radius 1 is 0.795 bits per heavy atom. The monoisotopic (exact) mass is 539 g/mol. The lowest BCUT2D eigenvalue weighted by atomic mass is 9.89. The molecule has 0 spiro atoms. The van der Waals surface area contributed by atoms with Gasteiger partial charge in [-0.05, 0) is 23.3 Å². The fourth-order valence-corrected chi connectivity index (χ4v) is 4.55. The molecular formula is C28H29NO10. The standard InChI is InChI=1S/C28H29NO10/c1-15(30)34-14-23-26(35-16(2)31)28(37-18(4)33)27(36-17(3)32)25(39-23)20-9-7-8-19(12-20)13-24-29-21-10-5-6-11-22(21)38-24/h5-12,23,25-28H,13-14H2,1-4H3/t23?,25?,26-,27+,28?/m1/s1. The van der Waals surface area contributed by atoms with E-state index in [4.69, 9.17) is 28.1 Å². The summed E-state index contributed by atoms with van der Waals surface area (Å²) in [5, 5.41) is 0. The predicted octanol–water partition coefficient (Wildman–Crippen LogP) is 3.22. The van der Waals surface area contributed by atoms with Gasteiger partial charge in [-0.3, -0.25) is 19.2 Å². The second kappa shape index (κ2) is 12.1. The molecule has 11 nitrogen and oxygen atoms in total. The van der Waals surface area contributed by atoms with Crippen molar-refractivity contribution < 1.29 is 47.3 Å². The number of esters is 4. The summed E-state index contributed by atoms with van der Waals surface area (Å²) in [5.41, 5.74) is 2.82. The topological polar surface area (TPSA) is 140 Å². The molecule has 1 fully saturated rings. The molecule has 11 heteroatoms. The first-order valence-corrected chi connectivity index (χ1v) is 12.3. The van der Waals surface area contributed by atoms with Crippen LogP contribution in [0.2, 0.25) is 0 Å². The highest BCUT2D eigenvalue weighted by Crippen LogP contribution is 2.38. The summed E-state index contributed by atoms with van der Waals surface area (Å²) < 4.78 is 33.8. The Morgan fingerprint density at radius 2 is 1.46 bits per heavy atom. The van der Waals surface area contributed by atoms with E-state index in [2.05, 4.69) is 4.98 Å². The molecule has 2 heterocycles. The summed E-state index contributed by atoms with van der Waals surface area (Å²) >= 11 is 0. The van der Waals surface area contributed by atoms with E-state index in [1.165, 1.54) is 27.7 Å². The van der Waals surface area contributed by atoms with Crippen LogP contribution in [0.3, 0.4) is 0 Å². The number of aromatic nitrogens is 1. The third-order valence-corrected chi connectivity index (χ3v) is 5.96. The largest absolute Gasteiger partial charge is 0.463 e. The molecule has 3 aromatic rings. The van der Waals surface area contributed by atoms with Gasteiger partial charge in [0.05, 0.1) is 0 Å². The van der Waals surface area contributed by atoms with Crippen molar-refractivity contribution >= 4 is 35.0 Å². The number of para-hydroxylation sites is 2. The highest BCUT2D eigenvalue weighted by molar-refractivity contribution is 5.72. The Morgan fingerprint density at radius 3 is 2.13 bits per heavy atom. The lowest BCUT2D eigenvalue weighted by Crippen LogP contribution is -2.59. The number of benzene rings is 2. The van der Waals surface area contributed by atoms with Gasteiger partial charge in [-0.25, -0.2) is 4.98 Å². The number of ether oxygens (including phenoxy) is 5. The predicted molar refractivity (Wildman–Crippen MR) is 134 cm³/mol. The number of hydrogen-bond acceptors (Lipinski definition) is 11. The van der Waals surface area contributed by atoms with Gasteiger partial charge in [0.25, 0.3) is 0 Å². The Kier molecular flexibility index (Phi) is 8.60. The van der Waals surface area contributed by atoms with Crippen molar-refractivity contribution in [3.05, 3.63) is 65.5 Å². The molecule has 0 saturated carbocycles. The van der Waals surface area contributed by atoms with E-state index < -0.39 is 54.4 Å². The van der Waals surface area contributed by atoms with Gasteiger partial charge in [-0.1, -0.05) is 36.4 Å². The number of fused-ring (bicyclic) bond motifs is 1. The summed E-state index contributed by atoms with van der Waals surface area (Å²) in [6.07, 6.45) is -5.25. The Balaban J connectivity index is 1.71. The average molecular weight is 540 g/mol. The normalized spacial score (nSPS) is 22.6. The highest BCUT2D eigenvalue weighted by atomic mass is 16.7. The van der Waals surface area contributed by atoms with Crippen molar-refractivity contribution in [1.82, 2.24) is 4.98 Å². The molecule has 4 rings (SSSR count). The second-order valence-corrected chi connectivity index (χ2v) is 9.12. The van der Waals surface area contributed by atoms with Crippen LogP contribution in [-0.4, -0.2) is 59.9 Å². The maximum atomic E-state index is 12.1. The molecular weight excluding hydrogens is 510 g/mol. The van der Waals surface area contributed by atoms with Crippen LogP contribution in [0.4, 0.5) is 0 Å². The highest BCUT2D eigenvalue weighted by Gasteiger charge is 2.52. The summed E-state index contributed by atoms with van der Waals surface area (Å²) in [7, 11) is 0. The molecule has 1 aliphatic rings. The fraction of sp³-hybridized carbons (Fsp3) is 0.393. The van der Waals surface area contributed by atoms with E-state index in [0.717, 1.165) is 11.1 Å². The van der Waals surface area contributed by atoms with Crippen molar-refractivity contribution in [2.24, 2.45) is 0 Å². The van der Waals surface area contributed by atoms with Gasteiger partial charge in [-0.15, -0.1) is 0 Å². The molecule has 0 aliphatic carbocycles. The number of carbonyl (C=O) groups excluding carboxylic acids is 4. The number of oxazole rings is 1. The minimum Gasteiger partial charge on any atom is -0.463 e. The molecule has 0 amide bonds. The minimum atomic E-state index is -1.24. The quantitative estimate of drug-likeness (QED) is 0.308. The number of carbonyl (C=O) groups is 4. The van der Waals surface area contributed by atoms with Crippen LogP contribution in [0.15, 0.2) is 52.9 Å². The van der Waals surface area contributed by atoms with Gasteiger partial charge in [0.15, 0.2) is 29.8 Å². The van der Waals surface area contributed by atoms with Crippen LogP contribution in [-0.2, 0) is 49.3 Å². The lowest BCUT2D eigenvalue weighted by molar-refractivity contribution is -0.254. The number of hydrogen-bond donors (Lipinski definition) is 0. The van der Waals surface area contributed by atoms with Crippen molar-refractivity contribution in [1.29, 1.82) is 0 Å². The summed E-state index contributed by atoms with van der Waals surface area (Å²) in [6, 6.07) is 14.7. The number of rotatable bonds is 8. The maximum absolute atomic E-state index is 12.1. The average Bonchev–Trinajstić information content (AvgIpc) is 3.27. The van der Waals surface area contributed by atoms with Crippen molar-refractivity contribution in [3.63, 3.8) is 0 Å². The first-order valence-electron chi connectivity index (χ1n) is 12.3. The Labute approximate surface area is 224 Å². The van der Waals surface area contributed by atoms with Gasteiger partial charge < -0.3 is 28.1 Å². The summed E-state index contributed by atoms with van der Waals surface area (Å²) in [4.78, 5) is 52.2. The third kappa shape index (κ3) is 6.99. The van der Waals surface area contributed by atoms with Crippen molar-refractivity contribution in [2.75, 3.05) is 6.61 Å². The molecule has 5 atom stereocenters. The van der Waals surface area contributed by atoms with Gasteiger partial charge in [0.2, 0.25) is 0 Å². The zero-order chi connectivity index (χ0) is 28.1. The van der Waals surface area contributed by atoms with Crippen molar-refractivity contribution in [2.45, 2.75) is 64.6 Å². The Hall–Kier alpha value is -4.25. The smallest absolute Gasteiger partial charge is 0.303 e. The van der Waals surface area contributed by atoms with E-state index >= 15 is 0 Å². The van der Waals surface area contributed by atoms with E-state index in [0.29, 0.717) is 23.5 Å². The molecule has 0 bridgehead atoms. The fourth-order valence-electron chi connectivity index (χ4n) is 4.55. The molecule has 2 aromatic carbocycles. The van der Waals surface area contributed by atoms with E-state index in [1.54, 1.807) is 12.1 Å². The molecule has 1 saturated heterocycles. The zero-order valence-electron chi connectivity index (χ0n) is 21.9. The van der Waals surface area contributed by atoms with Crippen LogP contribution >= 0.6 is 0 Å². The van der Waals surface area contributed by atoms with Gasteiger partial charge in [-0.2, -0.15) is 0 Å². The summed E-state index contributed by atoms with van der Waals surface area (Å²) in [5.74, 6) is -2.11. The van der Waals surface area contributed by atoms with Crippen LogP contribution in [0.5, 0.6) is 0 Å². The van der Waals surface area contributed by atoms with Crippen LogP contribution < -0.4 is 0 Å². The molecule has 1 aromatic heterocycles. The second-order valence-electron chi connectivity index (χ2n) is 9.12. The Bertz CT molecular complexity index is 1330. The molecule has 3 unspecified atom stereocenters. The van der Waals surface area contributed by atoms with E-state index in [9.17, 15) is 19.2 Å². The maximum Gasteiger partial charge on any atom is 0.303 e. The third-order valence-electron chi connectivity index (χ3n) is 5.96. The SMILES string of the molecule is CC(=O)OCC1OC(c2cccc(Cc3nc4ccccc4o3)c2)[C@H](OC(C)=O)C(OC(C)=O)[C@@H]1OC(C)=O.